The lowest BCUT2D eigenvalue weighted by Crippen LogP contribution is -2.15. The Morgan fingerprint density at radius 2 is 1.76 bits per heavy atom. The van der Waals surface area contributed by atoms with Gasteiger partial charge in [0.25, 0.3) is 0 Å². The zero-order chi connectivity index (χ0) is 12.9. The summed E-state index contributed by atoms with van der Waals surface area (Å²) >= 11 is 5.27. The Bertz CT molecular complexity index is 387. The lowest BCUT2D eigenvalue weighted by Gasteiger charge is -2.18. The first kappa shape index (κ1) is 14.0. The standard InChI is InChI=1S/C15H20OS/c1-15(2,3)11-14(17)10-13(16)9-12-7-5-4-6-8-12/h4-8H,9-11H2,1-3H3. The highest BCUT2D eigenvalue weighted by Gasteiger charge is 2.15. The van der Waals surface area contributed by atoms with Crippen LogP contribution >= 0.6 is 12.2 Å². The minimum atomic E-state index is 0.171. The van der Waals surface area contributed by atoms with Crippen LogP contribution in [-0.4, -0.2) is 10.6 Å². The third-order valence-corrected chi connectivity index (χ3v) is 2.65. The van der Waals surface area contributed by atoms with Crippen LogP contribution in [0.1, 0.15) is 39.2 Å². The molecule has 17 heavy (non-hydrogen) atoms. The van der Waals surface area contributed by atoms with Gasteiger partial charge in [-0.15, -0.1) is 0 Å². The number of carbonyl (C=O) groups is 1. The second-order valence-corrected chi connectivity index (χ2v) is 6.23. The molecular weight excluding hydrogens is 228 g/mol. The number of rotatable bonds is 5. The van der Waals surface area contributed by atoms with Crippen LogP contribution in [0, 0.1) is 5.41 Å². The maximum Gasteiger partial charge on any atom is 0.142 e. The Kier molecular flexibility index (Phi) is 5.01. The smallest absolute Gasteiger partial charge is 0.142 e. The van der Waals surface area contributed by atoms with Crippen molar-refractivity contribution in [3.05, 3.63) is 35.9 Å². The van der Waals surface area contributed by atoms with Gasteiger partial charge in [0.2, 0.25) is 0 Å². The molecule has 0 bridgehead atoms. The van der Waals surface area contributed by atoms with E-state index in [2.05, 4.69) is 20.8 Å². The second-order valence-electron chi connectivity index (χ2n) is 5.65. The van der Waals surface area contributed by atoms with E-state index in [1.807, 2.05) is 30.3 Å². The van der Waals surface area contributed by atoms with E-state index in [9.17, 15) is 4.79 Å². The van der Waals surface area contributed by atoms with Gasteiger partial charge < -0.3 is 0 Å². The van der Waals surface area contributed by atoms with Crippen LogP contribution in [0.4, 0.5) is 0 Å². The van der Waals surface area contributed by atoms with E-state index >= 15 is 0 Å². The van der Waals surface area contributed by atoms with Crippen molar-refractivity contribution in [3.8, 4) is 0 Å². The van der Waals surface area contributed by atoms with E-state index in [4.69, 9.17) is 12.2 Å². The number of Topliss-reactive ketones (excluding diaryl/α,β-unsaturated/α-hetero) is 1. The molecule has 0 saturated carbocycles. The van der Waals surface area contributed by atoms with Crippen molar-refractivity contribution in [1.29, 1.82) is 0 Å². The molecule has 0 aliphatic carbocycles. The van der Waals surface area contributed by atoms with Crippen LogP contribution < -0.4 is 0 Å². The number of carbonyl (C=O) groups excluding carboxylic acids is 1. The first-order valence-electron chi connectivity index (χ1n) is 5.94. The Morgan fingerprint density at radius 3 is 2.29 bits per heavy atom. The summed E-state index contributed by atoms with van der Waals surface area (Å²) in [5.74, 6) is 0.213. The molecule has 0 atom stereocenters. The Morgan fingerprint density at radius 1 is 1.18 bits per heavy atom. The fourth-order valence-electron chi connectivity index (χ4n) is 1.76. The van der Waals surface area contributed by atoms with Gasteiger partial charge in [-0.2, -0.15) is 0 Å². The van der Waals surface area contributed by atoms with Gasteiger partial charge in [-0.25, -0.2) is 0 Å². The minimum Gasteiger partial charge on any atom is -0.299 e. The Balaban J connectivity index is 2.43. The lowest BCUT2D eigenvalue weighted by molar-refractivity contribution is -0.117. The molecule has 0 aliphatic rings. The molecule has 1 nitrogen and oxygen atoms in total. The molecule has 0 fully saturated rings. The van der Waals surface area contributed by atoms with Crippen molar-refractivity contribution in [2.24, 2.45) is 5.41 Å². The predicted octanol–water partition coefficient (Wildman–Crippen LogP) is 3.99. The first-order valence-corrected chi connectivity index (χ1v) is 6.35. The van der Waals surface area contributed by atoms with Crippen LogP contribution in [0.25, 0.3) is 0 Å². The van der Waals surface area contributed by atoms with Gasteiger partial charge in [0, 0.05) is 17.7 Å². The fourth-order valence-corrected chi connectivity index (χ4v) is 2.35. The third kappa shape index (κ3) is 6.32. The van der Waals surface area contributed by atoms with Crippen molar-refractivity contribution in [2.45, 2.75) is 40.0 Å². The van der Waals surface area contributed by atoms with Crippen LogP contribution in [0.2, 0.25) is 0 Å². The molecule has 0 heterocycles. The predicted molar refractivity (Wildman–Crippen MR) is 76.4 cm³/mol. The highest BCUT2D eigenvalue weighted by atomic mass is 32.1. The van der Waals surface area contributed by atoms with E-state index in [0.29, 0.717) is 12.8 Å². The Hall–Kier alpha value is -1.02. The quantitative estimate of drug-likeness (QED) is 0.733. The minimum absolute atomic E-state index is 0.171. The van der Waals surface area contributed by atoms with Gasteiger partial charge in [0.1, 0.15) is 5.78 Å². The number of ketones is 1. The molecular formula is C15H20OS. The summed E-state index contributed by atoms with van der Waals surface area (Å²) in [6, 6.07) is 9.82. The zero-order valence-electron chi connectivity index (χ0n) is 10.8. The SMILES string of the molecule is CC(C)(C)CC(=S)CC(=O)Cc1ccccc1. The number of benzene rings is 1. The van der Waals surface area contributed by atoms with Gasteiger partial charge in [-0.1, -0.05) is 63.3 Å². The van der Waals surface area contributed by atoms with E-state index in [1.165, 1.54) is 0 Å². The van der Waals surface area contributed by atoms with Crippen molar-refractivity contribution in [1.82, 2.24) is 0 Å². The molecule has 2 heteroatoms. The topological polar surface area (TPSA) is 17.1 Å². The number of thiocarbonyl (C=S) groups is 1. The average Bonchev–Trinajstić information content (AvgIpc) is 2.15. The van der Waals surface area contributed by atoms with Crippen LogP contribution in [0.3, 0.4) is 0 Å². The summed E-state index contributed by atoms with van der Waals surface area (Å²) in [6.45, 7) is 6.42. The summed E-state index contributed by atoms with van der Waals surface area (Å²) in [7, 11) is 0. The molecule has 0 radical (unpaired) electrons. The van der Waals surface area contributed by atoms with Crippen molar-refractivity contribution in [3.63, 3.8) is 0 Å². The van der Waals surface area contributed by atoms with E-state index in [0.717, 1.165) is 16.8 Å². The van der Waals surface area contributed by atoms with Crippen molar-refractivity contribution in [2.75, 3.05) is 0 Å². The van der Waals surface area contributed by atoms with Crippen LogP contribution in [0.15, 0.2) is 30.3 Å². The third-order valence-electron chi connectivity index (χ3n) is 2.37. The number of hydrogen-bond donors (Lipinski definition) is 0. The summed E-state index contributed by atoms with van der Waals surface area (Å²) in [6.07, 6.45) is 1.76. The molecule has 0 unspecified atom stereocenters. The first-order chi connectivity index (χ1) is 7.87. The van der Waals surface area contributed by atoms with Crippen LogP contribution in [0.5, 0.6) is 0 Å². The monoisotopic (exact) mass is 248 g/mol. The molecule has 92 valence electrons. The zero-order valence-corrected chi connectivity index (χ0v) is 11.6. The summed E-state index contributed by atoms with van der Waals surface area (Å²) in [5, 5.41) is 0. The van der Waals surface area contributed by atoms with Crippen molar-refractivity contribution < 1.29 is 4.79 Å². The van der Waals surface area contributed by atoms with Crippen LogP contribution in [-0.2, 0) is 11.2 Å². The number of hydrogen-bond acceptors (Lipinski definition) is 2. The van der Waals surface area contributed by atoms with E-state index in [-0.39, 0.29) is 11.2 Å². The molecule has 0 amide bonds. The summed E-state index contributed by atoms with van der Waals surface area (Å²) < 4.78 is 0. The van der Waals surface area contributed by atoms with Crippen molar-refractivity contribution >= 4 is 22.9 Å². The molecule has 0 spiro atoms. The van der Waals surface area contributed by atoms with Gasteiger partial charge in [0.05, 0.1) is 0 Å². The maximum absolute atomic E-state index is 11.8. The largest absolute Gasteiger partial charge is 0.299 e. The second kappa shape index (κ2) is 6.06. The van der Waals surface area contributed by atoms with E-state index < -0.39 is 0 Å². The highest BCUT2D eigenvalue weighted by molar-refractivity contribution is 7.80. The Labute approximate surface area is 109 Å². The van der Waals surface area contributed by atoms with E-state index in [1.54, 1.807) is 0 Å². The van der Waals surface area contributed by atoms with Gasteiger partial charge in [0.15, 0.2) is 0 Å². The fraction of sp³-hybridized carbons (Fsp3) is 0.467. The molecule has 0 saturated heterocycles. The van der Waals surface area contributed by atoms with Gasteiger partial charge in [-0.3, -0.25) is 4.79 Å². The maximum atomic E-state index is 11.8. The molecule has 0 N–H and O–H groups in total. The summed E-state index contributed by atoms with van der Waals surface area (Å²) in [4.78, 5) is 12.7. The molecule has 1 aromatic carbocycles. The van der Waals surface area contributed by atoms with Gasteiger partial charge in [-0.05, 0) is 17.4 Å². The molecule has 1 aromatic rings. The molecule has 0 aromatic heterocycles. The molecule has 0 aliphatic heterocycles. The van der Waals surface area contributed by atoms with Gasteiger partial charge >= 0.3 is 0 Å². The lowest BCUT2D eigenvalue weighted by atomic mass is 9.89. The normalized spacial score (nSPS) is 11.2. The average molecular weight is 248 g/mol. The summed E-state index contributed by atoms with van der Waals surface area (Å²) in [5.41, 5.74) is 1.24. The molecule has 1 rings (SSSR count). The highest BCUT2D eigenvalue weighted by Crippen LogP contribution is 2.20.